The molecule has 14 heavy (non-hydrogen) atoms. The Morgan fingerprint density at radius 2 is 2.29 bits per heavy atom. The number of hydrogen-bond acceptors (Lipinski definition) is 2. The third kappa shape index (κ3) is 2.18. The molecule has 1 aromatic rings. The van der Waals surface area contributed by atoms with Gasteiger partial charge in [-0.2, -0.15) is 0 Å². The average molecular weight is 320 g/mol. The van der Waals surface area contributed by atoms with Crippen LogP contribution < -0.4 is 5.32 Å². The van der Waals surface area contributed by atoms with Gasteiger partial charge in [-0.25, -0.2) is 0 Å². The highest BCUT2D eigenvalue weighted by Gasteiger charge is 2.24. The van der Waals surface area contributed by atoms with Crippen LogP contribution in [0.1, 0.15) is 25.0 Å². The molecule has 2 heterocycles. The van der Waals surface area contributed by atoms with Gasteiger partial charge in [-0.3, -0.25) is 4.98 Å². The molecule has 0 spiro atoms. The number of pyridine rings is 1. The molecule has 0 aliphatic carbocycles. The summed E-state index contributed by atoms with van der Waals surface area (Å²) in [7, 11) is 0. The topological polar surface area (TPSA) is 24.9 Å². The molecule has 0 aromatic carbocycles. The molecule has 0 radical (unpaired) electrons. The summed E-state index contributed by atoms with van der Waals surface area (Å²) < 4.78 is 2.12. The van der Waals surface area contributed by atoms with Crippen molar-refractivity contribution in [2.24, 2.45) is 0 Å². The predicted molar refractivity (Wildman–Crippen MR) is 64.5 cm³/mol. The Morgan fingerprint density at radius 1 is 1.50 bits per heavy atom. The van der Waals surface area contributed by atoms with E-state index in [4.69, 9.17) is 0 Å². The monoisotopic (exact) mass is 318 g/mol. The second kappa shape index (κ2) is 4.29. The van der Waals surface area contributed by atoms with E-state index in [2.05, 4.69) is 55.2 Å². The van der Waals surface area contributed by atoms with E-state index in [1.54, 1.807) is 0 Å². The molecule has 2 atom stereocenters. The van der Waals surface area contributed by atoms with Crippen molar-refractivity contribution in [2.75, 3.05) is 6.54 Å². The maximum absolute atomic E-state index is 4.46. The Hall–Kier alpha value is 0.0700. The molecule has 1 fully saturated rings. The second-order valence-corrected chi connectivity index (χ2v) is 5.53. The first-order valence-electron chi connectivity index (χ1n) is 4.71. The van der Waals surface area contributed by atoms with E-state index < -0.39 is 0 Å². The summed E-state index contributed by atoms with van der Waals surface area (Å²) in [5.41, 5.74) is 1.17. The highest BCUT2D eigenvalue weighted by atomic mass is 79.9. The number of halogens is 2. The summed E-state index contributed by atoms with van der Waals surface area (Å²) in [6.07, 6.45) is 3.04. The standard InChI is InChI=1S/C10H12Br2N2/c1-6-2-7(4-13-6)10-9(12)3-8(11)5-14-10/h3,5-7,13H,2,4H2,1H3. The highest BCUT2D eigenvalue weighted by Crippen LogP contribution is 2.30. The number of hydrogen-bond donors (Lipinski definition) is 1. The minimum Gasteiger partial charge on any atom is -0.314 e. The zero-order valence-electron chi connectivity index (χ0n) is 7.93. The molecule has 76 valence electrons. The first-order chi connectivity index (χ1) is 6.66. The molecule has 0 amide bonds. The molecule has 0 saturated carbocycles. The molecular weight excluding hydrogens is 308 g/mol. The van der Waals surface area contributed by atoms with Crippen LogP contribution in [0.25, 0.3) is 0 Å². The lowest BCUT2D eigenvalue weighted by Crippen LogP contribution is -2.16. The fourth-order valence-electron chi connectivity index (χ4n) is 1.87. The van der Waals surface area contributed by atoms with Gasteiger partial charge in [-0.15, -0.1) is 0 Å². The predicted octanol–water partition coefficient (Wildman–Crippen LogP) is 3.07. The van der Waals surface area contributed by atoms with Crippen LogP contribution in [0.2, 0.25) is 0 Å². The SMILES string of the molecule is CC1CC(c2ncc(Br)cc2Br)CN1. The minimum absolute atomic E-state index is 0.549. The molecule has 1 saturated heterocycles. The Bertz CT molecular complexity index is 341. The fraction of sp³-hybridized carbons (Fsp3) is 0.500. The lowest BCUT2D eigenvalue weighted by atomic mass is 10.0. The third-order valence-electron chi connectivity index (χ3n) is 2.57. The van der Waals surface area contributed by atoms with Crippen LogP contribution in [-0.2, 0) is 0 Å². The van der Waals surface area contributed by atoms with E-state index in [1.807, 2.05) is 6.20 Å². The van der Waals surface area contributed by atoms with Gasteiger partial charge in [-0.05, 0) is 51.3 Å². The third-order valence-corrected chi connectivity index (χ3v) is 3.64. The van der Waals surface area contributed by atoms with Crippen LogP contribution in [0.4, 0.5) is 0 Å². The van der Waals surface area contributed by atoms with Gasteiger partial charge >= 0.3 is 0 Å². The second-order valence-electron chi connectivity index (χ2n) is 3.76. The number of nitrogens with zero attached hydrogens (tertiary/aromatic N) is 1. The van der Waals surface area contributed by atoms with Crippen molar-refractivity contribution in [3.05, 3.63) is 26.9 Å². The fourth-order valence-corrected chi connectivity index (χ4v) is 3.18. The van der Waals surface area contributed by atoms with E-state index in [1.165, 1.54) is 12.1 Å². The van der Waals surface area contributed by atoms with Crippen molar-refractivity contribution in [2.45, 2.75) is 25.3 Å². The molecular formula is C10H12Br2N2. The molecule has 1 N–H and O–H groups in total. The quantitative estimate of drug-likeness (QED) is 0.860. The van der Waals surface area contributed by atoms with Gasteiger partial charge in [0.05, 0.1) is 5.69 Å². The summed E-state index contributed by atoms with van der Waals surface area (Å²) >= 11 is 6.97. The molecule has 2 unspecified atom stereocenters. The Kier molecular flexibility index (Phi) is 3.24. The lowest BCUT2D eigenvalue weighted by Gasteiger charge is -2.10. The average Bonchev–Trinajstić information content (AvgIpc) is 2.51. The van der Waals surface area contributed by atoms with Crippen molar-refractivity contribution in [3.8, 4) is 0 Å². The van der Waals surface area contributed by atoms with Gasteiger partial charge in [0.2, 0.25) is 0 Å². The van der Waals surface area contributed by atoms with Crippen LogP contribution in [0.3, 0.4) is 0 Å². The summed E-state index contributed by atoms with van der Waals surface area (Å²) in [6, 6.07) is 2.67. The normalized spacial score (nSPS) is 26.8. The van der Waals surface area contributed by atoms with Crippen LogP contribution >= 0.6 is 31.9 Å². The van der Waals surface area contributed by atoms with Gasteiger partial charge in [-0.1, -0.05) is 0 Å². The van der Waals surface area contributed by atoms with Crippen molar-refractivity contribution in [1.29, 1.82) is 0 Å². The summed E-state index contributed by atoms with van der Waals surface area (Å²) in [6.45, 7) is 3.25. The summed E-state index contributed by atoms with van der Waals surface area (Å²) in [5.74, 6) is 0.549. The maximum Gasteiger partial charge on any atom is 0.0590 e. The zero-order chi connectivity index (χ0) is 10.1. The van der Waals surface area contributed by atoms with Gasteiger partial charge in [0, 0.05) is 33.6 Å². The molecule has 1 aliphatic heterocycles. The van der Waals surface area contributed by atoms with E-state index in [0.717, 1.165) is 15.5 Å². The molecule has 1 aliphatic rings. The van der Waals surface area contributed by atoms with Crippen molar-refractivity contribution >= 4 is 31.9 Å². The van der Waals surface area contributed by atoms with E-state index in [0.29, 0.717) is 12.0 Å². The van der Waals surface area contributed by atoms with Gasteiger partial charge in [0.1, 0.15) is 0 Å². The summed E-state index contributed by atoms with van der Waals surface area (Å²) in [4.78, 5) is 4.46. The van der Waals surface area contributed by atoms with Crippen molar-refractivity contribution in [1.82, 2.24) is 10.3 Å². The van der Waals surface area contributed by atoms with Crippen molar-refractivity contribution in [3.63, 3.8) is 0 Å². The molecule has 2 nitrogen and oxygen atoms in total. The number of aromatic nitrogens is 1. The van der Waals surface area contributed by atoms with E-state index in [9.17, 15) is 0 Å². The van der Waals surface area contributed by atoms with Gasteiger partial charge in [0.15, 0.2) is 0 Å². The van der Waals surface area contributed by atoms with E-state index >= 15 is 0 Å². The first kappa shape index (κ1) is 10.6. The van der Waals surface area contributed by atoms with Gasteiger partial charge in [0.25, 0.3) is 0 Å². The van der Waals surface area contributed by atoms with Crippen molar-refractivity contribution < 1.29 is 0 Å². The molecule has 2 rings (SSSR count). The number of rotatable bonds is 1. The molecule has 1 aromatic heterocycles. The van der Waals surface area contributed by atoms with Crippen LogP contribution in [0, 0.1) is 0 Å². The molecule has 4 heteroatoms. The van der Waals surface area contributed by atoms with Crippen LogP contribution in [0.5, 0.6) is 0 Å². The first-order valence-corrected chi connectivity index (χ1v) is 6.29. The smallest absolute Gasteiger partial charge is 0.0590 e. The summed E-state index contributed by atoms with van der Waals surface area (Å²) in [5, 5.41) is 3.44. The van der Waals surface area contributed by atoms with Gasteiger partial charge < -0.3 is 5.32 Å². The lowest BCUT2D eigenvalue weighted by molar-refractivity contribution is 0.655. The largest absolute Gasteiger partial charge is 0.314 e. The minimum atomic E-state index is 0.549. The maximum atomic E-state index is 4.46. The number of nitrogens with one attached hydrogen (secondary N) is 1. The Balaban J connectivity index is 2.24. The Morgan fingerprint density at radius 3 is 2.86 bits per heavy atom. The molecule has 0 bridgehead atoms. The Labute approximate surface area is 101 Å². The zero-order valence-corrected chi connectivity index (χ0v) is 11.1. The van der Waals surface area contributed by atoms with Crippen LogP contribution in [-0.4, -0.2) is 17.6 Å². The van der Waals surface area contributed by atoms with Crippen LogP contribution in [0.15, 0.2) is 21.2 Å². The van der Waals surface area contributed by atoms with E-state index in [-0.39, 0.29) is 0 Å². The highest BCUT2D eigenvalue weighted by molar-refractivity contribution is 9.11.